The topological polar surface area (TPSA) is 114 Å². The van der Waals surface area contributed by atoms with Crippen molar-refractivity contribution >= 4 is 29.4 Å². The Balaban J connectivity index is 1.43. The zero-order chi connectivity index (χ0) is 30.9. The van der Waals surface area contributed by atoms with Gasteiger partial charge in [0, 0.05) is 29.8 Å². The molecule has 0 aliphatic rings. The monoisotopic (exact) mass is 592 g/mol. The molecule has 0 saturated heterocycles. The minimum Gasteiger partial charge on any atom is -0.494 e. The molecule has 0 spiro atoms. The highest BCUT2D eigenvalue weighted by Crippen LogP contribution is 2.38. The fraction of sp³-hybridized carbons (Fsp3) is 0.267. The van der Waals surface area contributed by atoms with Crippen LogP contribution in [0.5, 0.6) is 11.5 Å². The van der Waals surface area contributed by atoms with Crippen molar-refractivity contribution in [2.45, 2.75) is 37.8 Å². The van der Waals surface area contributed by atoms with Crippen molar-refractivity contribution in [3.8, 4) is 11.5 Å². The highest BCUT2D eigenvalue weighted by Gasteiger charge is 2.56. The Kier molecular flexibility index (Phi) is 10.5. The molecular formula is C30H29F5N2O5. The van der Waals surface area contributed by atoms with E-state index in [4.69, 9.17) is 25.7 Å². The van der Waals surface area contributed by atoms with Crippen LogP contribution in [0.3, 0.4) is 0 Å². The van der Waals surface area contributed by atoms with Crippen LogP contribution in [-0.4, -0.2) is 37.3 Å². The zero-order valence-corrected chi connectivity index (χ0v) is 22.5. The Bertz CT molecular complexity index is 1390. The number of ether oxygens (including phenoxy) is 3. The number of esters is 2. The molecule has 42 heavy (non-hydrogen) atoms. The number of rotatable bonds is 12. The normalized spacial score (nSPS) is 12.6. The predicted molar refractivity (Wildman–Crippen MR) is 147 cm³/mol. The summed E-state index contributed by atoms with van der Waals surface area (Å²) in [5.74, 6) is -5.71. The molecule has 7 nitrogen and oxygen atoms in total. The van der Waals surface area contributed by atoms with Crippen LogP contribution in [0.4, 0.5) is 33.3 Å². The summed E-state index contributed by atoms with van der Waals surface area (Å²) in [6.07, 6.45) is -4.69. The van der Waals surface area contributed by atoms with Gasteiger partial charge in [0.2, 0.25) is 0 Å². The van der Waals surface area contributed by atoms with E-state index >= 15 is 0 Å². The first kappa shape index (κ1) is 31.9. The maximum Gasteiger partial charge on any atom is 0.453 e. The highest BCUT2D eigenvalue weighted by molar-refractivity contribution is 5.91. The Morgan fingerprint density at radius 3 is 2.17 bits per heavy atom. The largest absolute Gasteiger partial charge is 0.494 e. The van der Waals surface area contributed by atoms with E-state index in [0.717, 1.165) is 5.56 Å². The van der Waals surface area contributed by atoms with E-state index in [1.165, 1.54) is 42.5 Å². The van der Waals surface area contributed by atoms with Crippen molar-refractivity contribution in [2.75, 3.05) is 24.7 Å². The molecule has 224 valence electrons. The van der Waals surface area contributed by atoms with Gasteiger partial charge < -0.3 is 25.7 Å². The van der Waals surface area contributed by atoms with E-state index in [0.29, 0.717) is 16.9 Å². The Hall–Kier alpha value is -4.61. The van der Waals surface area contributed by atoms with Gasteiger partial charge in [-0.3, -0.25) is 0 Å². The van der Waals surface area contributed by atoms with Gasteiger partial charge >= 0.3 is 24.0 Å². The lowest BCUT2D eigenvalue weighted by atomic mass is 10.00. The third-order valence-corrected chi connectivity index (χ3v) is 6.03. The van der Waals surface area contributed by atoms with Crippen molar-refractivity contribution in [1.29, 1.82) is 0 Å². The number of hydrogen-bond acceptors (Lipinski definition) is 7. The van der Waals surface area contributed by atoms with Crippen LogP contribution in [0.25, 0.3) is 6.08 Å². The molecule has 12 heteroatoms. The number of nitrogen functional groups attached to an aromatic ring is 2. The van der Waals surface area contributed by atoms with Gasteiger partial charge in [0.15, 0.2) is 0 Å². The Labute approximate surface area is 238 Å². The smallest absolute Gasteiger partial charge is 0.453 e. The molecule has 1 atom stereocenters. The fourth-order valence-corrected chi connectivity index (χ4v) is 3.68. The van der Waals surface area contributed by atoms with Crippen LogP contribution in [0.2, 0.25) is 0 Å². The van der Waals surface area contributed by atoms with Crippen LogP contribution >= 0.6 is 0 Å². The summed E-state index contributed by atoms with van der Waals surface area (Å²) in [6, 6.07) is 17.0. The molecule has 3 aromatic rings. The second kappa shape index (κ2) is 13.8. The summed E-state index contributed by atoms with van der Waals surface area (Å²) >= 11 is 0. The van der Waals surface area contributed by atoms with Crippen molar-refractivity contribution in [3.63, 3.8) is 0 Å². The molecule has 3 rings (SSSR count). The van der Waals surface area contributed by atoms with Crippen molar-refractivity contribution in [1.82, 2.24) is 0 Å². The third-order valence-electron chi connectivity index (χ3n) is 6.03. The van der Waals surface area contributed by atoms with Gasteiger partial charge in [0.05, 0.1) is 18.8 Å². The molecule has 1 unspecified atom stereocenters. The number of carbonyl (C=O) groups excluding carboxylic acids is 2. The van der Waals surface area contributed by atoms with Gasteiger partial charge in [0.1, 0.15) is 11.5 Å². The number of halogens is 5. The lowest BCUT2D eigenvalue weighted by molar-refractivity contribution is -0.284. The quantitative estimate of drug-likeness (QED) is 0.0595. The predicted octanol–water partition coefficient (Wildman–Crippen LogP) is 6.79. The van der Waals surface area contributed by atoms with Crippen molar-refractivity contribution in [3.05, 3.63) is 89.5 Å². The molecule has 0 aliphatic carbocycles. The summed E-state index contributed by atoms with van der Waals surface area (Å²) < 4.78 is 78.2. The number of alkyl halides is 5. The van der Waals surface area contributed by atoms with Gasteiger partial charge in [-0.15, -0.1) is 0 Å². The number of nitrogens with two attached hydrogens (primary N) is 2. The molecule has 0 amide bonds. The van der Waals surface area contributed by atoms with Crippen LogP contribution in [-0.2, 0) is 9.53 Å². The standard InChI is InChI=1S/C30H29F5N2O5/c1-19(25-13-8-22(36)17-26(25)37)18-41-27(38)14-5-20-3-9-24(10-4-20)42-28(39)21-6-11-23(12-7-21)40-16-2-15-29(31,32)30(33,34)35/h3-14,17,19H,2,15-16,18,36-37H2,1H3/b14-5+. The van der Waals surface area contributed by atoms with E-state index < -0.39 is 36.9 Å². The molecule has 0 saturated carbocycles. The summed E-state index contributed by atoms with van der Waals surface area (Å²) in [5, 5.41) is 0. The number of hydrogen-bond donors (Lipinski definition) is 2. The summed E-state index contributed by atoms with van der Waals surface area (Å²) in [4.78, 5) is 24.5. The van der Waals surface area contributed by atoms with Crippen LogP contribution in [0.15, 0.2) is 72.8 Å². The highest BCUT2D eigenvalue weighted by atomic mass is 19.4. The molecular weight excluding hydrogens is 563 g/mol. The molecule has 4 N–H and O–H groups in total. The first-order valence-corrected chi connectivity index (χ1v) is 12.7. The maximum atomic E-state index is 12.9. The molecule has 0 aromatic heterocycles. The van der Waals surface area contributed by atoms with Gasteiger partial charge in [-0.1, -0.05) is 25.1 Å². The van der Waals surface area contributed by atoms with E-state index in [2.05, 4.69) is 0 Å². The number of anilines is 2. The maximum absolute atomic E-state index is 12.9. The van der Waals surface area contributed by atoms with Crippen molar-refractivity contribution < 1.29 is 45.8 Å². The third kappa shape index (κ3) is 9.22. The minimum atomic E-state index is -5.60. The first-order chi connectivity index (χ1) is 19.7. The second-order valence-corrected chi connectivity index (χ2v) is 9.39. The molecule has 3 aromatic carbocycles. The van der Waals surface area contributed by atoms with Gasteiger partial charge in [-0.25, -0.2) is 9.59 Å². The SMILES string of the molecule is CC(COC(=O)/C=C/c1ccc(OC(=O)c2ccc(OCCCC(F)(F)C(F)(F)F)cc2)cc1)c1ccc(N)cc1N. The van der Waals surface area contributed by atoms with Gasteiger partial charge in [-0.2, -0.15) is 22.0 Å². The minimum absolute atomic E-state index is 0.125. The number of benzene rings is 3. The van der Waals surface area contributed by atoms with Gasteiger partial charge in [0.25, 0.3) is 0 Å². The lowest BCUT2D eigenvalue weighted by Gasteiger charge is -2.19. The molecule has 0 radical (unpaired) electrons. The fourth-order valence-electron chi connectivity index (χ4n) is 3.68. The van der Waals surface area contributed by atoms with Crippen LogP contribution in [0.1, 0.15) is 47.2 Å². The number of carbonyl (C=O) groups is 2. The molecule has 0 bridgehead atoms. The lowest BCUT2D eigenvalue weighted by Crippen LogP contribution is -2.36. The van der Waals surface area contributed by atoms with Crippen molar-refractivity contribution in [2.24, 2.45) is 0 Å². The molecule has 0 aliphatic heterocycles. The Morgan fingerprint density at radius 1 is 0.905 bits per heavy atom. The van der Waals surface area contributed by atoms with Gasteiger partial charge in [-0.05, 0) is 72.2 Å². The summed E-state index contributed by atoms with van der Waals surface area (Å²) in [7, 11) is 0. The van der Waals surface area contributed by atoms with Crippen LogP contribution in [0, 0.1) is 0 Å². The Morgan fingerprint density at radius 2 is 1.55 bits per heavy atom. The van der Waals surface area contributed by atoms with E-state index in [1.54, 1.807) is 36.4 Å². The molecule has 0 heterocycles. The van der Waals surface area contributed by atoms with E-state index in [1.807, 2.05) is 6.92 Å². The summed E-state index contributed by atoms with van der Waals surface area (Å²) in [5.41, 5.74) is 14.4. The van der Waals surface area contributed by atoms with E-state index in [-0.39, 0.29) is 36.2 Å². The average molecular weight is 593 g/mol. The van der Waals surface area contributed by atoms with Crippen LogP contribution < -0.4 is 20.9 Å². The average Bonchev–Trinajstić information content (AvgIpc) is 2.93. The molecule has 0 fully saturated rings. The first-order valence-electron chi connectivity index (χ1n) is 12.7. The van der Waals surface area contributed by atoms with E-state index in [9.17, 15) is 31.5 Å². The second-order valence-electron chi connectivity index (χ2n) is 9.39. The summed E-state index contributed by atoms with van der Waals surface area (Å²) in [6.45, 7) is 1.64. The zero-order valence-electron chi connectivity index (χ0n) is 22.5.